The van der Waals surface area contributed by atoms with Crippen LogP contribution in [0.3, 0.4) is 0 Å². The number of benzene rings is 1. The Kier molecular flexibility index (Phi) is 5.53. The number of carbonyl (C=O) groups is 1. The van der Waals surface area contributed by atoms with Gasteiger partial charge in [0.1, 0.15) is 12.4 Å². The van der Waals surface area contributed by atoms with Gasteiger partial charge in [-0.25, -0.2) is 4.98 Å². The third-order valence-electron chi connectivity index (χ3n) is 6.97. The molecule has 1 atom stereocenters. The Morgan fingerprint density at radius 2 is 1.77 bits per heavy atom. The van der Waals surface area contributed by atoms with Gasteiger partial charge in [0.25, 0.3) is 0 Å². The zero-order valence-corrected chi connectivity index (χ0v) is 18.0. The zero-order chi connectivity index (χ0) is 21.4. The summed E-state index contributed by atoms with van der Waals surface area (Å²) in [4.78, 5) is 15.4. The molecule has 2 aliphatic rings. The van der Waals surface area contributed by atoms with E-state index >= 15 is 0 Å². The lowest BCUT2D eigenvalue weighted by Crippen LogP contribution is -2.22. The van der Waals surface area contributed by atoms with E-state index in [1.807, 2.05) is 24.7 Å². The van der Waals surface area contributed by atoms with Crippen molar-refractivity contribution in [2.75, 3.05) is 6.61 Å². The standard InChI is InChI=1S/C26H30N2O3/c1-17(29)15-31-23-11-8-19(9-12-23)18-2-6-21(7-3-18)26(30)25-24(20-4-5-20)13-10-22-14-27-16-28(22)25/h8-14,16,18,20-21,26,30H,2-7,15H2,1H3/t18?,21?,26-/m0/s1. The highest BCUT2D eigenvalue weighted by Gasteiger charge is 2.34. The SMILES string of the molecule is CC(=O)COc1ccc(C2CCC([C@H](O)c3c(C4CC4)ccc4cncn34)CC2)cc1. The molecular weight excluding hydrogens is 388 g/mol. The summed E-state index contributed by atoms with van der Waals surface area (Å²) in [5.74, 6) is 2.15. The smallest absolute Gasteiger partial charge is 0.167 e. The number of hydrogen-bond donors (Lipinski definition) is 1. The Hall–Kier alpha value is -2.66. The molecule has 0 unspecified atom stereocenters. The first kappa shape index (κ1) is 20.3. The average molecular weight is 419 g/mol. The molecule has 0 aliphatic heterocycles. The molecule has 0 saturated heterocycles. The lowest BCUT2D eigenvalue weighted by Gasteiger charge is -2.33. The second-order valence-corrected chi connectivity index (χ2v) is 9.25. The summed E-state index contributed by atoms with van der Waals surface area (Å²) < 4.78 is 7.58. The van der Waals surface area contributed by atoms with Gasteiger partial charge < -0.3 is 14.2 Å². The first-order valence-corrected chi connectivity index (χ1v) is 11.5. The molecule has 3 aromatic rings. The van der Waals surface area contributed by atoms with Crippen LogP contribution in [0, 0.1) is 5.92 Å². The van der Waals surface area contributed by atoms with Crippen LogP contribution in [0.15, 0.2) is 48.9 Å². The van der Waals surface area contributed by atoms with Gasteiger partial charge in [-0.2, -0.15) is 0 Å². The molecule has 0 amide bonds. The van der Waals surface area contributed by atoms with E-state index in [0.29, 0.717) is 11.8 Å². The molecule has 2 aliphatic carbocycles. The van der Waals surface area contributed by atoms with Gasteiger partial charge in [-0.15, -0.1) is 0 Å². The molecular formula is C26H30N2O3. The number of carbonyl (C=O) groups excluding carboxylic acids is 1. The summed E-state index contributed by atoms with van der Waals surface area (Å²) in [6.45, 7) is 1.65. The number of ketones is 1. The number of rotatable bonds is 7. The fourth-order valence-corrected chi connectivity index (χ4v) is 5.10. The van der Waals surface area contributed by atoms with Crippen molar-refractivity contribution in [3.8, 4) is 5.75 Å². The average Bonchev–Trinajstić information content (AvgIpc) is 3.53. The van der Waals surface area contributed by atoms with Crippen LogP contribution in [0.25, 0.3) is 5.52 Å². The van der Waals surface area contributed by atoms with Gasteiger partial charge in [0.2, 0.25) is 0 Å². The van der Waals surface area contributed by atoms with E-state index in [1.165, 1.54) is 30.9 Å². The number of aliphatic hydroxyl groups excluding tert-OH is 1. The van der Waals surface area contributed by atoms with E-state index in [4.69, 9.17) is 4.74 Å². The molecule has 1 N–H and O–H groups in total. The molecule has 5 heteroatoms. The van der Waals surface area contributed by atoms with Gasteiger partial charge in [-0.3, -0.25) is 4.79 Å². The van der Waals surface area contributed by atoms with Gasteiger partial charge in [0, 0.05) is 0 Å². The number of imidazole rings is 1. The molecule has 0 bridgehead atoms. The summed E-state index contributed by atoms with van der Waals surface area (Å²) in [6.07, 6.45) is 9.90. The van der Waals surface area contributed by atoms with E-state index in [9.17, 15) is 9.90 Å². The van der Waals surface area contributed by atoms with Crippen molar-refractivity contribution in [3.05, 3.63) is 65.7 Å². The number of Topliss-reactive ketones (excluding diaryl/α,β-unsaturated/α-hetero) is 1. The predicted molar refractivity (Wildman–Crippen MR) is 119 cm³/mol. The van der Waals surface area contributed by atoms with E-state index < -0.39 is 6.10 Å². The monoisotopic (exact) mass is 418 g/mol. The third-order valence-corrected chi connectivity index (χ3v) is 6.97. The number of nitrogens with zero attached hydrogens (tertiary/aromatic N) is 2. The molecule has 31 heavy (non-hydrogen) atoms. The maximum absolute atomic E-state index is 11.4. The second kappa shape index (κ2) is 8.46. The van der Waals surface area contributed by atoms with Crippen LogP contribution in [0.1, 0.15) is 80.2 Å². The molecule has 1 aromatic carbocycles. The molecule has 0 radical (unpaired) electrons. The second-order valence-electron chi connectivity index (χ2n) is 9.25. The minimum atomic E-state index is -0.447. The van der Waals surface area contributed by atoms with Crippen molar-refractivity contribution in [2.45, 2.75) is 63.4 Å². The van der Waals surface area contributed by atoms with Crippen molar-refractivity contribution in [3.63, 3.8) is 0 Å². The topological polar surface area (TPSA) is 63.8 Å². The van der Waals surface area contributed by atoms with Crippen LogP contribution in [-0.2, 0) is 4.79 Å². The summed E-state index contributed by atoms with van der Waals surface area (Å²) >= 11 is 0. The van der Waals surface area contributed by atoms with Crippen molar-refractivity contribution in [2.24, 2.45) is 5.92 Å². The number of aromatic nitrogens is 2. The van der Waals surface area contributed by atoms with Crippen molar-refractivity contribution >= 4 is 11.3 Å². The Labute approximate surface area is 183 Å². The van der Waals surface area contributed by atoms with E-state index in [2.05, 4.69) is 33.7 Å². The van der Waals surface area contributed by atoms with E-state index in [-0.39, 0.29) is 18.3 Å². The number of fused-ring (bicyclic) bond motifs is 1. The predicted octanol–water partition coefficient (Wildman–Crippen LogP) is 5.19. The highest BCUT2D eigenvalue weighted by molar-refractivity contribution is 5.77. The summed E-state index contributed by atoms with van der Waals surface area (Å²) in [6, 6.07) is 12.5. The first-order chi connectivity index (χ1) is 15.1. The van der Waals surface area contributed by atoms with Gasteiger partial charge in [0.15, 0.2) is 5.78 Å². The Balaban J connectivity index is 1.27. The Morgan fingerprint density at radius 1 is 1.06 bits per heavy atom. The zero-order valence-electron chi connectivity index (χ0n) is 18.0. The molecule has 0 spiro atoms. The van der Waals surface area contributed by atoms with Crippen LogP contribution in [0.5, 0.6) is 5.75 Å². The van der Waals surface area contributed by atoms with Crippen LogP contribution in [0.2, 0.25) is 0 Å². The Bertz CT molecular complexity index is 1060. The summed E-state index contributed by atoms with van der Waals surface area (Å²) in [5, 5.41) is 11.4. The largest absolute Gasteiger partial charge is 0.486 e. The maximum Gasteiger partial charge on any atom is 0.167 e. The molecule has 2 fully saturated rings. The number of ether oxygens (including phenoxy) is 1. The molecule has 5 rings (SSSR count). The fraction of sp³-hybridized carbons (Fsp3) is 0.462. The normalized spacial score (nSPS) is 22.4. The number of hydrogen-bond acceptors (Lipinski definition) is 4. The number of aliphatic hydroxyl groups is 1. The van der Waals surface area contributed by atoms with Crippen LogP contribution in [-0.4, -0.2) is 26.9 Å². The van der Waals surface area contributed by atoms with E-state index in [1.54, 1.807) is 0 Å². The van der Waals surface area contributed by atoms with E-state index in [0.717, 1.165) is 42.6 Å². The highest BCUT2D eigenvalue weighted by atomic mass is 16.5. The number of pyridine rings is 1. The van der Waals surface area contributed by atoms with Crippen LogP contribution >= 0.6 is 0 Å². The fourth-order valence-electron chi connectivity index (χ4n) is 5.10. The summed E-state index contributed by atoms with van der Waals surface area (Å²) in [7, 11) is 0. The molecule has 2 heterocycles. The lowest BCUT2D eigenvalue weighted by atomic mass is 9.75. The quantitative estimate of drug-likeness (QED) is 0.574. The first-order valence-electron chi connectivity index (χ1n) is 11.5. The van der Waals surface area contributed by atoms with Gasteiger partial charge in [-0.05, 0) is 92.5 Å². The summed E-state index contributed by atoms with van der Waals surface area (Å²) in [5.41, 5.74) is 4.74. The molecule has 162 valence electrons. The van der Waals surface area contributed by atoms with Crippen molar-refractivity contribution in [1.82, 2.24) is 9.38 Å². The third kappa shape index (κ3) is 4.24. The minimum absolute atomic E-state index is 0.0252. The van der Waals surface area contributed by atoms with Crippen molar-refractivity contribution < 1.29 is 14.6 Å². The minimum Gasteiger partial charge on any atom is -0.486 e. The maximum atomic E-state index is 11.4. The molecule has 2 aromatic heterocycles. The Morgan fingerprint density at radius 3 is 2.45 bits per heavy atom. The molecule has 5 nitrogen and oxygen atoms in total. The molecule has 2 saturated carbocycles. The van der Waals surface area contributed by atoms with Gasteiger partial charge in [0.05, 0.1) is 29.8 Å². The van der Waals surface area contributed by atoms with Crippen LogP contribution in [0.4, 0.5) is 0 Å². The van der Waals surface area contributed by atoms with Gasteiger partial charge >= 0.3 is 0 Å². The van der Waals surface area contributed by atoms with Crippen molar-refractivity contribution in [1.29, 1.82) is 0 Å². The lowest BCUT2D eigenvalue weighted by molar-refractivity contribution is -0.118. The highest BCUT2D eigenvalue weighted by Crippen LogP contribution is 2.47. The van der Waals surface area contributed by atoms with Gasteiger partial charge in [-0.1, -0.05) is 18.2 Å². The van der Waals surface area contributed by atoms with Crippen LogP contribution < -0.4 is 4.74 Å².